The molecule has 0 aromatic rings. The number of hydrogen-bond acceptors (Lipinski definition) is 15. The highest BCUT2D eigenvalue weighted by Gasteiger charge is 2.71. The number of fused-ring (bicyclic) bond motifs is 25. The van der Waals surface area contributed by atoms with Crippen LogP contribution in [0.25, 0.3) is 0 Å². The van der Waals surface area contributed by atoms with E-state index in [1.807, 2.05) is 28.4 Å². The summed E-state index contributed by atoms with van der Waals surface area (Å²) >= 11 is 0. The van der Waals surface area contributed by atoms with Crippen LogP contribution < -0.4 is 0 Å². The normalized spacial score (nSPS) is 49.5. The van der Waals surface area contributed by atoms with Crippen molar-refractivity contribution in [1.29, 1.82) is 0 Å². The molecule has 0 heterocycles. The van der Waals surface area contributed by atoms with Crippen LogP contribution in [0.15, 0.2) is 0 Å². The molecule has 9 N–H and O–H groups in total. The van der Waals surface area contributed by atoms with Gasteiger partial charge in [0.25, 0.3) is 0 Å². The fourth-order valence-corrected chi connectivity index (χ4v) is 45.2. The number of aliphatic hydroxyl groups excluding tert-OH is 4. The lowest BCUT2D eigenvalue weighted by Gasteiger charge is -2.63. The van der Waals surface area contributed by atoms with Gasteiger partial charge < -0.3 is 74.4 Å². The van der Waals surface area contributed by atoms with Crippen LogP contribution in [0.1, 0.15) is 439 Å². The Labute approximate surface area is 896 Å². The maximum absolute atomic E-state index is 11.4. The quantitative estimate of drug-likeness (QED) is 0.0351. The summed E-state index contributed by atoms with van der Waals surface area (Å²) in [4.78, 5) is 55.6. The van der Waals surface area contributed by atoms with Gasteiger partial charge in [-0.15, -0.1) is 0 Å². The maximum Gasteiger partial charge on any atom is 0.303 e. The van der Waals surface area contributed by atoms with E-state index in [2.05, 4.69) is 118 Å². The molecule has 0 saturated heterocycles. The summed E-state index contributed by atoms with van der Waals surface area (Å²) in [7, 11) is 7.56. The minimum atomic E-state index is -0.673. The van der Waals surface area contributed by atoms with Gasteiger partial charge in [0.1, 0.15) is 0 Å². The molecule has 20 aliphatic carbocycles. The van der Waals surface area contributed by atoms with Gasteiger partial charge in [0.2, 0.25) is 0 Å². The molecule has 20 saturated carbocycles. The van der Waals surface area contributed by atoms with Crippen LogP contribution in [0.2, 0.25) is 0 Å². The minimum Gasteiger partial charge on any atom is -0.481 e. The van der Waals surface area contributed by atoms with E-state index in [0.717, 1.165) is 134 Å². The van der Waals surface area contributed by atoms with Gasteiger partial charge in [-0.05, 0) is 534 Å². The molecule has 20 rings (SSSR count). The molecule has 20 aliphatic rings. The smallest absolute Gasteiger partial charge is 0.303 e. The summed E-state index contributed by atoms with van der Waals surface area (Å²) in [5.74, 6) is 14.9. The van der Waals surface area contributed by atoms with Gasteiger partial charge in [0.15, 0.2) is 0 Å². The standard InChI is InChI=1S/3C26H44O4.2C25H42O4/c1-16(6-9-23(27)28)19-7-8-20-24-21(11-13-26(19,20)3)25(2)12-10-18(29-4)14-17(25)15-22(24)30-5;1-5-30-18-10-12-25(3)17(14-18)15-22(27)24-20-8-7-19(16(2)6-9-23(28)29)26(20,4)13-11-21(24)25;1-5-30-22-15-17-14-18(27)10-12-25(17,3)21-11-13-26(4)19(7-8-20(26)24(21)22)16(2)6-9-23(28)29;1-15(5-8-22(27)28)18-6-7-19-23-20(10-12-25(18,19)3)24(2)11-9-17(29-4)13-16(24)14-21(23)26;1-15(5-8-22(27)28)18-6-7-19-23-20(10-12-25(18,19)3)24(2)11-9-17(26)13-16(24)14-21(23)29-4/h16-22,24H,6-15H2,1-5H3,(H,27,28);2*16-22,24,27H,5-15H2,1-4H3,(H,28,29);2*15-21,23,26H,5-14H2,1-4H3,(H,27,28). The molecule has 50 unspecified atom stereocenters. The number of carbonyl (C=O) groups is 5. The Kier molecular flexibility index (Phi) is 37.3. The highest BCUT2D eigenvalue weighted by Crippen LogP contribution is 2.77. The van der Waals surface area contributed by atoms with Gasteiger partial charge in [-0.25, -0.2) is 0 Å². The van der Waals surface area contributed by atoms with Gasteiger partial charge in [-0.1, -0.05) is 104 Å². The third kappa shape index (κ3) is 22.1. The molecule has 0 radical (unpaired) electrons. The second kappa shape index (κ2) is 47.1. The van der Waals surface area contributed by atoms with Gasteiger partial charge >= 0.3 is 29.8 Å². The lowest BCUT2D eigenvalue weighted by molar-refractivity contribution is -0.187. The molecule has 0 aromatic carbocycles. The van der Waals surface area contributed by atoms with Crippen LogP contribution in [-0.2, 0) is 52.4 Å². The van der Waals surface area contributed by atoms with Gasteiger partial charge in [0, 0.05) is 73.8 Å². The van der Waals surface area contributed by atoms with Crippen LogP contribution in [-0.4, -0.2) is 178 Å². The Morgan fingerprint density at radius 2 is 0.459 bits per heavy atom. The zero-order valence-electron chi connectivity index (χ0n) is 96.9. The van der Waals surface area contributed by atoms with Crippen molar-refractivity contribution >= 4 is 29.8 Å². The molecular weight excluding hydrogens is 1860 g/mol. The molecule has 848 valence electrons. The first-order valence-electron chi connectivity index (χ1n) is 62.2. The SMILES string of the molecule is CCOC1CC2CC(O)CCC2(C)C2CCC3(C)C(C(C)CCC(=O)O)CCC3C12.CCOC1CCC2(C)C(C1)CC(O)C1C2CCC2(C)C(C(C)CCC(=O)O)CCC12.COC1CC2CC(O)CCC2(C)C2CCC3(C)C(C(C)CCC(=O)O)CCC3C12.COC1CCC2(C)C(C1)CC(O)C1C2CCC2(C)C(C(C)CCC(=O)O)CCC12.COC1CCC2(C)C(C1)CC(OC)C1C2CCC2(C)C(C(C)CCC(=O)O)CCC12. The van der Waals surface area contributed by atoms with Crippen LogP contribution >= 0.6 is 0 Å². The van der Waals surface area contributed by atoms with Gasteiger partial charge in [-0.3, -0.25) is 24.0 Å². The summed E-state index contributed by atoms with van der Waals surface area (Å²) in [5, 5.41) is 89.2. The number of ether oxygens (including phenoxy) is 6. The first kappa shape index (κ1) is 117. The third-order valence-electron chi connectivity index (χ3n) is 53.1. The third-order valence-corrected chi connectivity index (χ3v) is 53.1. The number of methoxy groups -OCH3 is 4. The average molecular weight is 2080 g/mol. The summed E-state index contributed by atoms with van der Waals surface area (Å²) in [6.45, 7) is 42.5. The number of carboxylic acid groups (broad SMARTS) is 5. The van der Waals surface area contributed by atoms with E-state index in [0.29, 0.717) is 259 Å². The van der Waals surface area contributed by atoms with Gasteiger partial charge in [-0.2, -0.15) is 0 Å². The summed E-state index contributed by atoms with van der Waals surface area (Å²) in [6.07, 6.45) is 54.7. The number of aliphatic hydroxyl groups is 4. The summed E-state index contributed by atoms with van der Waals surface area (Å²) in [6, 6.07) is 0. The molecule has 20 heteroatoms. The zero-order chi connectivity index (χ0) is 107. The van der Waals surface area contributed by atoms with E-state index < -0.39 is 29.8 Å². The molecular formula is C128H216O20. The first-order chi connectivity index (χ1) is 70.0. The summed E-state index contributed by atoms with van der Waals surface area (Å²) < 4.78 is 36.3. The van der Waals surface area contributed by atoms with Crippen molar-refractivity contribution in [3.8, 4) is 0 Å². The average Bonchev–Trinajstić information content (AvgIpc) is 1.65. The van der Waals surface area contributed by atoms with E-state index in [-0.39, 0.29) is 48.1 Å². The first-order valence-corrected chi connectivity index (χ1v) is 62.2. The van der Waals surface area contributed by atoms with Crippen LogP contribution in [0.4, 0.5) is 0 Å². The van der Waals surface area contributed by atoms with E-state index in [4.69, 9.17) is 43.7 Å². The van der Waals surface area contributed by atoms with E-state index in [1.54, 1.807) is 0 Å². The lowest BCUT2D eigenvalue weighted by atomic mass is 9.43. The minimum absolute atomic E-state index is 0.123. The van der Waals surface area contributed by atoms with E-state index >= 15 is 0 Å². The number of hydrogen-bond donors (Lipinski definition) is 9. The molecule has 20 fully saturated rings. The van der Waals surface area contributed by atoms with Crippen molar-refractivity contribution in [3.05, 3.63) is 0 Å². The topological polar surface area (TPSA) is 323 Å². The molecule has 0 aromatic heterocycles. The van der Waals surface area contributed by atoms with Crippen molar-refractivity contribution in [1.82, 2.24) is 0 Å². The van der Waals surface area contributed by atoms with Crippen molar-refractivity contribution < 1.29 is 98.4 Å². The highest BCUT2D eigenvalue weighted by molar-refractivity contribution is 5.68. The van der Waals surface area contributed by atoms with Crippen molar-refractivity contribution in [3.63, 3.8) is 0 Å². The fraction of sp³-hybridized carbons (Fsp3) is 0.961. The largest absolute Gasteiger partial charge is 0.481 e. The molecule has 0 bridgehead atoms. The van der Waals surface area contributed by atoms with E-state index in [9.17, 15) is 54.6 Å². The Morgan fingerprint density at radius 1 is 0.243 bits per heavy atom. The lowest BCUT2D eigenvalue weighted by Crippen LogP contribution is -2.59. The molecule has 20 nitrogen and oxygen atoms in total. The number of carboxylic acids is 5. The second-order valence-electron chi connectivity index (χ2n) is 58.5. The van der Waals surface area contributed by atoms with Crippen molar-refractivity contribution in [2.24, 2.45) is 232 Å². The van der Waals surface area contributed by atoms with Crippen molar-refractivity contribution in [2.75, 3.05) is 41.7 Å². The Balaban J connectivity index is 0.000000132. The van der Waals surface area contributed by atoms with Crippen LogP contribution in [0.3, 0.4) is 0 Å². The Hall–Kier alpha value is -3.05. The summed E-state index contributed by atoms with van der Waals surface area (Å²) in [5.41, 5.74) is 3.39. The monoisotopic (exact) mass is 2070 g/mol. The molecule has 50 atom stereocenters. The van der Waals surface area contributed by atoms with Crippen LogP contribution in [0, 0.1) is 232 Å². The van der Waals surface area contributed by atoms with Crippen molar-refractivity contribution in [2.45, 2.75) is 500 Å². The van der Waals surface area contributed by atoms with E-state index in [1.165, 1.54) is 186 Å². The highest BCUT2D eigenvalue weighted by atomic mass is 16.5. The van der Waals surface area contributed by atoms with Crippen LogP contribution in [0.5, 0.6) is 0 Å². The predicted octanol–water partition coefficient (Wildman–Crippen LogP) is 27.1. The fourth-order valence-electron chi connectivity index (χ4n) is 45.2. The number of aliphatic carboxylic acids is 5. The predicted molar refractivity (Wildman–Crippen MR) is 581 cm³/mol. The zero-order valence-corrected chi connectivity index (χ0v) is 96.9. The maximum atomic E-state index is 11.4. The Morgan fingerprint density at radius 3 is 0.723 bits per heavy atom. The molecule has 0 aliphatic heterocycles. The molecule has 148 heavy (non-hydrogen) atoms. The molecule has 0 amide bonds. The molecule has 0 spiro atoms. The second-order valence-corrected chi connectivity index (χ2v) is 58.5. The van der Waals surface area contributed by atoms with Gasteiger partial charge in [0.05, 0.1) is 61.0 Å². The number of rotatable bonds is 28. The Bertz CT molecular complexity index is 4380.